The third-order valence-corrected chi connectivity index (χ3v) is 5.14. The van der Waals surface area contributed by atoms with Gasteiger partial charge in [-0.25, -0.2) is 4.99 Å². The molecule has 3 N–H and O–H groups in total. The van der Waals surface area contributed by atoms with Gasteiger partial charge in [0.1, 0.15) is 0 Å². The Hall–Kier alpha value is -1.95. The first-order valence-corrected chi connectivity index (χ1v) is 9.49. The first-order valence-electron chi connectivity index (χ1n) is 9.49. The molecule has 1 saturated carbocycles. The maximum atomic E-state index is 9.91. The van der Waals surface area contributed by atoms with Gasteiger partial charge in [-0.1, -0.05) is 18.9 Å². The van der Waals surface area contributed by atoms with Crippen LogP contribution in [0.4, 0.5) is 0 Å². The molecule has 6 nitrogen and oxygen atoms in total. The number of ether oxygens (including phenoxy) is 2. The predicted octanol–water partition coefficient (Wildman–Crippen LogP) is 3.05. The van der Waals surface area contributed by atoms with Crippen LogP contribution in [0.15, 0.2) is 23.2 Å². The van der Waals surface area contributed by atoms with Crippen molar-refractivity contribution in [1.82, 2.24) is 10.6 Å². The second-order valence-electron chi connectivity index (χ2n) is 7.00. The number of aromatic hydroxyl groups is 1. The fourth-order valence-electron chi connectivity index (χ4n) is 3.58. The van der Waals surface area contributed by atoms with Gasteiger partial charge in [-0.2, -0.15) is 0 Å². The highest BCUT2D eigenvalue weighted by molar-refractivity contribution is 5.79. The van der Waals surface area contributed by atoms with Crippen LogP contribution >= 0.6 is 0 Å². The molecule has 0 bridgehead atoms. The number of aliphatic imine (C=N–C) groups is 1. The van der Waals surface area contributed by atoms with E-state index in [4.69, 9.17) is 9.47 Å². The molecule has 0 unspecified atom stereocenters. The average Bonchev–Trinajstić information content (AvgIpc) is 3.11. The molecule has 0 atom stereocenters. The monoisotopic (exact) mass is 363 g/mol. The van der Waals surface area contributed by atoms with Gasteiger partial charge in [-0.15, -0.1) is 0 Å². The normalized spacial score (nSPS) is 16.5. The van der Waals surface area contributed by atoms with Gasteiger partial charge in [0, 0.05) is 26.8 Å². The van der Waals surface area contributed by atoms with Crippen LogP contribution in [0.1, 0.15) is 44.6 Å². The Balaban J connectivity index is 1.98. The number of hydrogen-bond acceptors (Lipinski definition) is 4. The predicted molar refractivity (Wildman–Crippen MR) is 105 cm³/mol. The molecule has 1 fully saturated rings. The number of guanidine groups is 1. The summed E-state index contributed by atoms with van der Waals surface area (Å²) in [7, 11) is 3.31. The summed E-state index contributed by atoms with van der Waals surface area (Å²) in [5.41, 5.74) is 1.25. The minimum atomic E-state index is 0.141. The summed E-state index contributed by atoms with van der Waals surface area (Å²) in [5.74, 6) is 1.43. The van der Waals surface area contributed by atoms with Crippen molar-refractivity contribution < 1.29 is 14.6 Å². The Kier molecular flexibility index (Phi) is 8.04. The first kappa shape index (κ1) is 20.4. The van der Waals surface area contributed by atoms with Crippen LogP contribution in [0.5, 0.6) is 11.5 Å². The first-order chi connectivity index (χ1) is 12.6. The van der Waals surface area contributed by atoms with E-state index < -0.39 is 0 Å². The zero-order valence-electron chi connectivity index (χ0n) is 16.3. The van der Waals surface area contributed by atoms with Crippen molar-refractivity contribution >= 4 is 5.96 Å². The molecule has 1 aromatic rings. The minimum Gasteiger partial charge on any atom is -0.504 e. The summed E-state index contributed by atoms with van der Waals surface area (Å²) in [6.45, 7) is 5.09. The standard InChI is InChI=1S/C20H33N3O3/c1-4-21-19(22-14-16-7-8-18(26-3)17(24)13-16)23-15-20(11-12-25-2)9-5-6-10-20/h7-8,13,24H,4-6,9-12,14-15H2,1-3H3,(H2,21,22,23). The molecular weight excluding hydrogens is 330 g/mol. The molecule has 0 amide bonds. The van der Waals surface area contributed by atoms with Gasteiger partial charge in [0.15, 0.2) is 17.5 Å². The van der Waals surface area contributed by atoms with Gasteiger partial charge in [0.2, 0.25) is 0 Å². The van der Waals surface area contributed by atoms with E-state index in [1.807, 2.05) is 6.07 Å². The molecule has 26 heavy (non-hydrogen) atoms. The van der Waals surface area contributed by atoms with E-state index in [0.29, 0.717) is 17.7 Å². The number of methoxy groups -OCH3 is 2. The summed E-state index contributed by atoms with van der Waals surface area (Å²) >= 11 is 0. The van der Waals surface area contributed by atoms with E-state index >= 15 is 0 Å². The second kappa shape index (κ2) is 10.3. The van der Waals surface area contributed by atoms with Gasteiger partial charge in [-0.05, 0) is 49.3 Å². The van der Waals surface area contributed by atoms with Crippen molar-refractivity contribution in [2.24, 2.45) is 10.4 Å². The van der Waals surface area contributed by atoms with Gasteiger partial charge < -0.3 is 25.2 Å². The van der Waals surface area contributed by atoms with E-state index in [2.05, 4.69) is 22.5 Å². The largest absolute Gasteiger partial charge is 0.504 e. The van der Waals surface area contributed by atoms with Crippen LogP contribution < -0.4 is 15.4 Å². The smallest absolute Gasteiger partial charge is 0.191 e. The van der Waals surface area contributed by atoms with Crippen LogP contribution in [-0.2, 0) is 11.3 Å². The fourth-order valence-corrected chi connectivity index (χ4v) is 3.58. The van der Waals surface area contributed by atoms with Crippen molar-refractivity contribution in [1.29, 1.82) is 0 Å². The highest BCUT2D eigenvalue weighted by atomic mass is 16.5. The molecule has 0 spiro atoms. The van der Waals surface area contributed by atoms with E-state index in [9.17, 15) is 5.11 Å². The van der Waals surface area contributed by atoms with Crippen LogP contribution in [-0.4, -0.2) is 45.0 Å². The second-order valence-corrected chi connectivity index (χ2v) is 7.00. The number of phenolic OH excluding ortho intramolecular Hbond substituents is 1. The topological polar surface area (TPSA) is 75.1 Å². The molecule has 2 rings (SSSR count). The van der Waals surface area contributed by atoms with E-state index in [1.165, 1.54) is 25.7 Å². The SMILES string of the molecule is CCNC(=NCc1ccc(OC)c(O)c1)NCC1(CCOC)CCCC1. The minimum absolute atomic E-state index is 0.141. The van der Waals surface area contributed by atoms with Gasteiger partial charge in [-0.3, -0.25) is 0 Å². The molecule has 1 aromatic carbocycles. The molecule has 0 heterocycles. The lowest BCUT2D eigenvalue weighted by atomic mass is 9.83. The Morgan fingerprint density at radius 2 is 2.00 bits per heavy atom. The highest BCUT2D eigenvalue weighted by Gasteiger charge is 2.33. The molecular formula is C20H33N3O3. The van der Waals surface area contributed by atoms with E-state index in [-0.39, 0.29) is 5.75 Å². The maximum absolute atomic E-state index is 9.91. The highest BCUT2D eigenvalue weighted by Crippen LogP contribution is 2.40. The molecule has 6 heteroatoms. The Labute approximate surface area is 157 Å². The summed E-state index contributed by atoms with van der Waals surface area (Å²) in [4.78, 5) is 4.66. The lowest BCUT2D eigenvalue weighted by Gasteiger charge is -2.30. The molecule has 0 radical (unpaired) electrons. The number of hydrogen-bond donors (Lipinski definition) is 3. The number of benzene rings is 1. The number of nitrogens with zero attached hydrogens (tertiary/aromatic N) is 1. The molecule has 0 saturated heterocycles. The van der Waals surface area contributed by atoms with Crippen LogP contribution in [0.25, 0.3) is 0 Å². The van der Waals surface area contributed by atoms with Crippen molar-refractivity contribution in [3.05, 3.63) is 23.8 Å². The summed E-state index contributed by atoms with van der Waals surface area (Å²) in [6, 6.07) is 5.38. The summed E-state index contributed by atoms with van der Waals surface area (Å²) in [6.07, 6.45) is 6.17. The maximum Gasteiger partial charge on any atom is 0.191 e. The van der Waals surface area contributed by atoms with Crippen LogP contribution in [0.2, 0.25) is 0 Å². The Morgan fingerprint density at radius 1 is 1.23 bits per heavy atom. The zero-order valence-corrected chi connectivity index (χ0v) is 16.3. The van der Waals surface area contributed by atoms with Crippen molar-refractivity contribution in [3.63, 3.8) is 0 Å². The van der Waals surface area contributed by atoms with Gasteiger partial charge in [0.05, 0.1) is 13.7 Å². The Morgan fingerprint density at radius 3 is 2.62 bits per heavy atom. The molecule has 1 aliphatic carbocycles. The van der Waals surface area contributed by atoms with E-state index in [0.717, 1.165) is 37.6 Å². The molecule has 0 aliphatic heterocycles. The van der Waals surface area contributed by atoms with E-state index in [1.54, 1.807) is 26.4 Å². The fraction of sp³-hybridized carbons (Fsp3) is 0.650. The third-order valence-electron chi connectivity index (χ3n) is 5.14. The number of rotatable bonds is 9. The number of phenols is 1. The summed E-state index contributed by atoms with van der Waals surface area (Å²) < 4.78 is 10.4. The van der Waals surface area contributed by atoms with Gasteiger partial charge in [0.25, 0.3) is 0 Å². The summed E-state index contributed by atoms with van der Waals surface area (Å²) in [5, 5.41) is 16.7. The lowest BCUT2D eigenvalue weighted by molar-refractivity contribution is 0.138. The third kappa shape index (κ3) is 5.80. The molecule has 146 valence electrons. The van der Waals surface area contributed by atoms with Crippen molar-refractivity contribution in [3.8, 4) is 11.5 Å². The van der Waals surface area contributed by atoms with Crippen LogP contribution in [0.3, 0.4) is 0 Å². The average molecular weight is 364 g/mol. The van der Waals surface area contributed by atoms with Crippen molar-refractivity contribution in [2.45, 2.75) is 45.6 Å². The molecule has 1 aliphatic rings. The quantitative estimate of drug-likeness (QED) is 0.464. The Bertz CT molecular complexity index is 584. The van der Waals surface area contributed by atoms with Gasteiger partial charge >= 0.3 is 0 Å². The van der Waals surface area contributed by atoms with Crippen molar-refractivity contribution in [2.75, 3.05) is 33.9 Å². The van der Waals surface area contributed by atoms with Crippen LogP contribution in [0, 0.1) is 5.41 Å². The number of nitrogens with one attached hydrogen (secondary N) is 2. The molecule has 0 aromatic heterocycles. The zero-order chi connectivity index (χ0) is 18.8. The lowest BCUT2D eigenvalue weighted by Crippen LogP contribution is -2.43.